The second-order valence-corrected chi connectivity index (χ2v) is 8.02. The van der Waals surface area contributed by atoms with Crippen LogP contribution in [0.2, 0.25) is 12.1 Å². The van der Waals surface area contributed by atoms with E-state index >= 15 is 0 Å². The zero-order chi connectivity index (χ0) is 19.6. The number of halogens is 4. The molecule has 1 heterocycles. The Hall–Kier alpha value is -1.06. The van der Waals surface area contributed by atoms with E-state index in [0.29, 0.717) is 0 Å². The van der Waals surface area contributed by atoms with Gasteiger partial charge in [0.15, 0.2) is 0 Å². The number of rotatable bonds is 2. The predicted molar refractivity (Wildman–Crippen MR) is 114 cm³/mol. The molecule has 3 aliphatic rings. The molecule has 0 bridgehead atoms. The third kappa shape index (κ3) is 10.4. The minimum atomic E-state index is -0.192. The fourth-order valence-electron chi connectivity index (χ4n) is 2.69. The first-order valence-corrected chi connectivity index (χ1v) is 10.9. The zero-order valence-electron chi connectivity index (χ0n) is 17.0. The molecule has 0 nitrogen and oxygen atoms in total. The summed E-state index contributed by atoms with van der Waals surface area (Å²) in [6.45, 7) is 0. The van der Waals surface area contributed by atoms with E-state index in [0.717, 1.165) is 35.1 Å². The minimum Gasteiger partial charge on any atom is -1.00 e. The van der Waals surface area contributed by atoms with Gasteiger partial charge in [0.25, 0.3) is 0 Å². The zero-order valence-corrected chi connectivity index (χ0v) is 21.9. The van der Waals surface area contributed by atoms with Crippen LogP contribution in [0.25, 0.3) is 11.1 Å². The van der Waals surface area contributed by atoms with Crippen molar-refractivity contribution >= 4 is 20.7 Å². The van der Waals surface area contributed by atoms with Gasteiger partial charge in [-0.05, 0) is 12.1 Å². The summed E-state index contributed by atoms with van der Waals surface area (Å²) in [4.78, 5) is 0. The summed E-state index contributed by atoms with van der Waals surface area (Å²) in [6, 6.07) is 16.2. The molecule has 2 aromatic rings. The van der Waals surface area contributed by atoms with E-state index in [1.54, 1.807) is 12.1 Å². The van der Waals surface area contributed by atoms with Crippen molar-refractivity contribution in [2.24, 2.45) is 0 Å². The molecule has 6 heteroatoms. The topological polar surface area (TPSA) is 0 Å². The number of hydrogen-bond acceptors (Lipinski definition) is 0. The first kappa shape index (κ1) is 29.9. The third-order valence-corrected chi connectivity index (χ3v) is 5.78. The van der Waals surface area contributed by atoms with Crippen molar-refractivity contribution in [3.8, 4) is 0 Å². The molecular formula is C25H22Cl2F2SiZr. The Morgan fingerprint density at radius 3 is 1.35 bits per heavy atom. The van der Waals surface area contributed by atoms with Crippen LogP contribution in [-0.2, 0) is 26.2 Å². The molecule has 2 aliphatic carbocycles. The molecule has 0 amide bonds. The third-order valence-electron chi connectivity index (χ3n) is 4.37. The molecule has 158 valence electrons. The smallest absolute Gasteiger partial charge is 1.00 e. The van der Waals surface area contributed by atoms with Gasteiger partial charge in [0, 0.05) is 9.52 Å². The van der Waals surface area contributed by atoms with Crippen molar-refractivity contribution < 1.29 is 59.8 Å². The Kier molecular flexibility index (Phi) is 16.0. The van der Waals surface area contributed by atoms with E-state index in [2.05, 4.69) is 12.2 Å². The number of allylic oxidation sites excluding steroid dienone is 8. The SMILES string of the molecule is C1C[Si]C1.Fc1cccc(C2=[C-]CC=C2)c1.Fc1cccc(C2=[C-]CC=C2)c1.[Cl-].[Cl-].[Zr+4]. The molecule has 2 aromatic carbocycles. The van der Waals surface area contributed by atoms with Crippen LogP contribution in [0, 0.1) is 23.8 Å². The first-order chi connectivity index (χ1) is 13.7. The fourth-order valence-corrected chi connectivity index (χ4v) is 3.05. The van der Waals surface area contributed by atoms with Gasteiger partial charge in [-0.3, -0.25) is 0 Å². The van der Waals surface area contributed by atoms with Crippen LogP contribution in [0.15, 0.2) is 72.8 Å². The molecule has 0 unspecified atom stereocenters. The summed E-state index contributed by atoms with van der Waals surface area (Å²) in [6.07, 6.45) is 17.4. The molecular weight excluding hydrogens is 528 g/mol. The predicted octanol–water partition coefficient (Wildman–Crippen LogP) is 0.881. The van der Waals surface area contributed by atoms with Gasteiger partial charge in [-0.1, -0.05) is 55.6 Å². The Morgan fingerprint density at radius 1 is 0.710 bits per heavy atom. The van der Waals surface area contributed by atoms with E-state index < -0.39 is 0 Å². The van der Waals surface area contributed by atoms with E-state index in [1.807, 2.05) is 36.4 Å². The van der Waals surface area contributed by atoms with E-state index in [1.165, 1.54) is 52.3 Å². The molecule has 1 aliphatic heterocycles. The summed E-state index contributed by atoms with van der Waals surface area (Å²) < 4.78 is 25.5. The van der Waals surface area contributed by atoms with E-state index in [-0.39, 0.29) is 62.7 Å². The van der Waals surface area contributed by atoms with Crippen molar-refractivity contribution in [1.29, 1.82) is 0 Å². The summed E-state index contributed by atoms with van der Waals surface area (Å²) in [5.74, 6) is -0.385. The molecule has 0 atom stereocenters. The normalized spacial score (nSPS) is 14.6. The van der Waals surface area contributed by atoms with Crippen LogP contribution < -0.4 is 24.8 Å². The maximum absolute atomic E-state index is 12.8. The quantitative estimate of drug-likeness (QED) is 0.385. The Labute approximate surface area is 218 Å². The molecule has 1 fully saturated rings. The molecule has 1 saturated heterocycles. The monoisotopic (exact) mass is 548 g/mol. The largest absolute Gasteiger partial charge is 4.00 e. The second kappa shape index (κ2) is 16.6. The average molecular weight is 551 g/mol. The number of benzene rings is 2. The molecule has 2 radical (unpaired) electrons. The van der Waals surface area contributed by atoms with Gasteiger partial charge in [0.1, 0.15) is 11.6 Å². The van der Waals surface area contributed by atoms with Gasteiger partial charge in [-0.2, -0.15) is 35.5 Å². The molecule has 0 aromatic heterocycles. The van der Waals surface area contributed by atoms with Gasteiger partial charge in [-0.15, -0.1) is 35.4 Å². The Balaban J connectivity index is 0.000000455. The number of hydrogen-bond donors (Lipinski definition) is 0. The van der Waals surface area contributed by atoms with E-state index in [4.69, 9.17) is 0 Å². The van der Waals surface area contributed by atoms with Crippen LogP contribution in [0.5, 0.6) is 0 Å². The summed E-state index contributed by atoms with van der Waals surface area (Å²) >= 11 is 0. The van der Waals surface area contributed by atoms with Gasteiger partial charge in [0.05, 0.1) is 0 Å². The minimum absolute atomic E-state index is 0. The standard InChI is InChI=1S/2C11H8F.C3H6Si.2ClH.Zr/c2*12-11-7-3-6-10(8-11)9-4-1-2-5-9;1-2-4-3-1;;;/h2*1,3-4,6-8H,2H2;1-3H2;2*1H;/q2*-1;;;;+4/p-2. The molecule has 0 N–H and O–H groups in total. The first-order valence-electron chi connectivity index (χ1n) is 9.50. The molecule has 31 heavy (non-hydrogen) atoms. The van der Waals surface area contributed by atoms with Crippen LogP contribution in [0.1, 0.15) is 30.4 Å². The Morgan fingerprint density at radius 2 is 1.10 bits per heavy atom. The van der Waals surface area contributed by atoms with Gasteiger partial charge < -0.3 is 24.8 Å². The van der Waals surface area contributed by atoms with Crippen molar-refractivity contribution in [3.05, 3.63) is 108 Å². The van der Waals surface area contributed by atoms with Gasteiger partial charge in [0.2, 0.25) is 0 Å². The maximum Gasteiger partial charge on any atom is 4.00 e. The summed E-state index contributed by atoms with van der Waals surface area (Å²) in [7, 11) is 1.32. The maximum atomic E-state index is 12.8. The second-order valence-electron chi connectivity index (χ2n) is 6.52. The summed E-state index contributed by atoms with van der Waals surface area (Å²) in [5.41, 5.74) is 3.80. The molecule has 5 rings (SSSR count). The van der Waals surface area contributed by atoms with Crippen molar-refractivity contribution in [1.82, 2.24) is 0 Å². The van der Waals surface area contributed by atoms with E-state index in [9.17, 15) is 8.78 Å². The van der Waals surface area contributed by atoms with Crippen LogP contribution >= 0.6 is 0 Å². The van der Waals surface area contributed by atoms with Crippen molar-refractivity contribution in [3.63, 3.8) is 0 Å². The molecule has 0 saturated carbocycles. The van der Waals surface area contributed by atoms with Crippen LogP contribution in [0.4, 0.5) is 8.78 Å². The fraction of sp³-hybridized carbons (Fsp3) is 0.200. The van der Waals surface area contributed by atoms with Gasteiger partial charge in [-0.25, -0.2) is 8.78 Å². The molecule has 0 spiro atoms. The van der Waals surface area contributed by atoms with Gasteiger partial charge >= 0.3 is 26.2 Å². The summed E-state index contributed by atoms with van der Waals surface area (Å²) in [5, 5.41) is 0. The van der Waals surface area contributed by atoms with Crippen molar-refractivity contribution in [2.45, 2.75) is 31.4 Å². The Bertz CT molecular complexity index is 844. The van der Waals surface area contributed by atoms with Crippen molar-refractivity contribution in [2.75, 3.05) is 0 Å². The van der Waals surface area contributed by atoms with Crippen LogP contribution in [-0.4, -0.2) is 9.52 Å². The average Bonchev–Trinajstić information content (AvgIpc) is 3.35. The van der Waals surface area contributed by atoms with Crippen LogP contribution in [0.3, 0.4) is 0 Å².